The molecule has 3 aromatic rings. The zero-order chi connectivity index (χ0) is 24.9. The van der Waals surface area contributed by atoms with Gasteiger partial charge in [-0.25, -0.2) is 9.97 Å². The van der Waals surface area contributed by atoms with Crippen molar-refractivity contribution in [2.24, 2.45) is 12.5 Å². The number of likely N-dealkylation sites (tertiary alicyclic amines) is 1. The number of aryl methyl sites for hydroxylation is 1. The summed E-state index contributed by atoms with van der Waals surface area (Å²) in [5.41, 5.74) is 12.2. The number of aromatic nitrogens is 3. The summed E-state index contributed by atoms with van der Waals surface area (Å²) in [4.78, 5) is 35.5. The number of hydrogen-bond donors (Lipinski definition) is 2. The lowest BCUT2D eigenvalue weighted by atomic mass is 9.72. The van der Waals surface area contributed by atoms with Gasteiger partial charge in [-0.05, 0) is 55.9 Å². The Kier molecular flexibility index (Phi) is 5.46. The first kappa shape index (κ1) is 22.8. The van der Waals surface area contributed by atoms with E-state index in [1.54, 1.807) is 6.92 Å². The van der Waals surface area contributed by atoms with Crippen LogP contribution < -0.4 is 11.1 Å². The minimum absolute atomic E-state index is 0.209. The Hall–Kier alpha value is -3.94. The number of fused-ring (bicyclic) bond motifs is 1. The lowest BCUT2D eigenvalue weighted by Gasteiger charge is -2.31. The van der Waals surface area contributed by atoms with Crippen LogP contribution in [0.5, 0.6) is 0 Å². The van der Waals surface area contributed by atoms with Crippen LogP contribution in [0, 0.1) is 5.41 Å². The normalized spacial score (nSPS) is 19.9. The van der Waals surface area contributed by atoms with Crippen molar-refractivity contribution in [2.75, 3.05) is 24.6 Å². The third-order valence-electron chi connectivity index (χ3n) is 7.46. The molecule has 8 nitrogen and oxygen atoms in total. The Morgan fingerprint density at radius 3 is 2.51 bits per heavy atom. The number of carbonyl (C=O) groups is 2. The van der Waals surface area contributed by atoms with Crippen LogP contribution in [0.3, 0.4) is 0 Å². The first-order valence-corrected chi connectivity index (χ1v) is 11.8. The van der Waals surface area contributed by atoms with Gasteiger partial charge in [-0.15, -0.1) is 0 Å². The maximum Gasteiger partial charge on any atom is 0.250 e. The monoisotopic (exact) mass is 470 g/mol. The third kappa shape index (κ3) is 3.69. The van der Waals surface area contributed by atoms with Crippen molar-refractivity contribution in [3.8, 4) is 11.3 Å². The van der Waals surface area contributed by atoms with E-state index in [0.29, 0.717) is 17.1 Å². The topological polar surface area (TPSA) is 106 Å². The molecule has 35 heavy (non-hydrogen) atoms. The molecule has 1 aromatic carbocycles. The quantitative estimate of drug-likeness (QED) is 0.557. The van der Waals surface area contributed by atoms with E-state index in [0.717, 1.165) is 60.1 Å². The largest absolute Gasteiger partial charge is 0.383 e. The summed E-state index contributed by atoms with van der Waals surface area (Å²) < 4.78 is 2.05. The minimum Gasteiger partial charge on any atom is -0.383 e. The first-order valence-electron chi connectivity index (χ1n) is 11.8. The Morgan fingerprint density at radius 1 is 1.17 bits per heavy atom. The molecule has 0 radical (unpaired) electrons. The van der Waals surface area contributed by atoms with E-state index in [1.807, 2.05) is 47.8 Å². The van der Waals surface area contributed by atoms with Crippen molar-refractivity contribution in [3.05, 3.63) is 54.4 Å². The predicted molar refractivity (Wildman–Crippen MR) is 138 cm³/mol. The Labute approximate surface area is 204 Å². The number of anilines is 2. The van der Waals surface area contributed by atoms with E-state index in [1.165, 1.54) is 11.9 Å². The van der Waals surface area contributed by atoms with Gasteiger partial charge in [0, 0.05) is 37.5 Å². The van der Waals surface area contributed by atoms with Gasteiger partial charge in [0.15, 0.2) is 0 Å². The molecule has 3 heterocycles. The summed E-state index contributed by atoms with van der Waals surface area (Å²) in [6.07, 6.45) is 6.92. The molecule has 1 aliphatic heterocycles. The van der Waals surface area contributed by atoms with Gasteiger partial charge in [0.1, 0.15) is 17.8 Å². The lowest BCUT2D eigenvalue weighted by molar-refractivity contribution is -0.135. The SMILES string of the molecule is C=C(C)C(=O)Nc1ccc(-c2c(C3=CC[C@]4(CC3)CCN(C)C4=O)c3c(N)ncnc3n2C)cc1. The van der Waals surface area contributed by atoms with Crippen LogP contribution in [0.15, 0.2) is 48.8 Å². The van der Waals surface area contributed by atoms with Gasteiger partial charge in [-0.1, -0.05) is 24.8 Å². The van der Waals surface area contributed by atoms with Gasteiger partial charge in [0.25, 0.3) is 5.91 Å². The lowest BCUT2D eigenvalue weighted by Crippen LogP contribution is -2.33. The molecule has 1 spiro atoms. The Morgan fingerprint density at radius 2 is 1.91 bits per heavy atom. The molecule has 0 bridgehead atoms. The number of nitrogen functional groups attached to an aromatic ring is 1. The van der Waals surface area contributed by atoms with Crippen molar-refractivity contribution >= 4 is 39.9 Å². The highest BCUT2D eigenvalue weighted by Crippen LogP contribution is 2.49. The average Bonchev–Trinajstić information content (AvgIpc) is 3.30. The fourth-order valence-electron chi connectivity index (χ4n) is 5.42. The average molecular weight is 471 g/mol. The minimum atomic E-state index is -0.284. The van der Waals surface area contributed by atoms with Crippen molar-refractivity contribution in [2.45, 2.75) is 32.6 Å². The van der Waals surface area contributed by atoms with Crippen molar-refractivity contribution in [1.82, 2.24) is 19.4 Å². The predicted octanol–water partition coefficient (Wildman–Crippen LogP) is 4.15. The van der Waals surface area contributed by atoms with E-state index in [4.69, 9.17) is 5.73 Å². The van der Waals surface area contributed by atoms with E-state index >= 15 is 0 Å². The number of benzene rings is 1. The summed E-state index contributed by atoms with van der Waals surface area (Å²) in [5.74, 6) is 0.482. The number of nitrogens with two attached hydrogens (primary N) is 1. The van der Waals surface area contributed by atoms with Gasteiger partial charge < -0.3 is 20.5 Å². The molecule has 0 saturated carbocycles. The van der Waals surface area contributed by atoms with Crippen LogP contribution >= 0.6 is 0 Å². The second kappa shape index (κ2) is 8.37. The van der Waals surface area contributed by atoms with Crippen LogP contribution in [-0.2, 0) is 16.6 Å². The van der Waals surface area contributed by atoms with Crippen LogP contribution in [0.1, 0.15) is 38.2 Å². The molecule has 8 heteroatoms. The second-order valence-electron chi connectivity index (χ2n) is 9.74. The number of nitrogens with zero attached hydrogens (tertiary/aromatic N) is 4. The molecule has 180 valence electrons. The second-order valence-corrected chi connectivity index (χ2v) is 9.74. The standard InChI is InChI=1S/C27H30N6O2/c1-16(2)25(34)31-19-7-5-18(6-8-19)22-20(21-23(28)29-15-30-24(21)33(22)4)17-9-11-27(12-10-17)13-14-32(3)26(27)35/h5-9,15H,1,10-14H2,2-4H3,(H,31,34)(H2,28,29,30)/t27-/m0/s1. The number of nitrogens with one attached hydrogen (secondary N) is 1. The van der Waals surface area contributed by atoms with Gasteiger partial charge in [0.2, 0.25) is 5.91 Å². The van der Waals surface area contributed by atoms with Crippen molar-refractivity contribution in [1.29, 1.82) is 0 Å². The van der Waals surface area contributed by atoms with Crippen LogP contribution in [-0.4, -0.2) is 44.8 Å². The molecule has 1 aliphatic carbocycles. The Bertz CT molecular complexity index is 1400. The number of carbonyl (C=O) groups excluding carboxylic acids is 2. The van der Waals surface area contributed by atoms with E-state index < -0.39 is 0 Å². The van der Waals surface area contributed by atoms with E-state index in [9.17, 15) is 9.59 Å². The molecule has 1 fully saturated rings. The fraction of sp³-hybridized carbons (Fsp3) is 0.333. The molecule has 0 unspecified atom stereocenters. The summed E-state index contributed by atoms with van der Waals surface area (Å²) in [5, 5.41) is 3.68. The summed E-state index contributed by atoms with van der Waals surface area (Å²) >= 11 is 0. The smallest absolute Gasteiger partial charge is 0.250 e. The molecular formula is C27H30N6O2. The van der Waals surface area contributed by atoms with Crippen LogP contribution in [0.25, 0.3) is 27.9 Å². The van der Waals surface area contributed by atoms with Gasteiger partial charge in [0.05, 0.1) is 16.5 Å². The molecular weight excluding hydrogens is 440 g/mol. The third-order valence-corrected chi connectivity index (χ3v) is 7.46. The maximum atomic E-state index is 12.9. The molecule has 2 aliphatic rings. The van der Waals surface area contributed by atoms with E-state index in [-0.39, 0.29) is 17.2 Å². The van der Waals surface area contributed by atoms with Crippen LogP contribution in [0.4, 0.5) is 11.5 Å². The van der Waals surface area contributed by atoms with Gasteiger partial charge in [-0.2, -0.15) is 0 Å². The van der Waals surface area contributed by atoms with Gasteiger partial charge >= 0.3 is 0 Å². The first-order chi connectivity index (χ1) is 16.7. The molecule has 3 N–H and O–H groups in total. The number of hydrogen-bond acceptors (Lipinski definition) is 5. The van der Waals surface area contributed by atoms with E-state index in [2.05, 4.69) is 27.9 Å². The number of amides is 2. The highest BCUT2D eigenvalue weighted by atomic mass is 16.2. The molecule has 5 rings (SSSR count). The highest BCUT2D eigenvalue weighted by Gasteiger charge is 2.45. The number of rotatable bonds is 4. The molecule has 2 aromatic heterocycles. The van der Waals surface area contributed by atoms with Crippen molar-refractivity contribution in [3.63, 3.8) is 0 Å². The van der Waals surface area contributed by atoms with Crippen LogP contribution in [0.2, 0.25) is 0 Å². The summed E-state index contributed by atoms with van der Waals surface area (Å²) in [7, 11) is 3.87. The van der Waals surface area contributed by atoms with Crippen molar-refractivity contribution < 1.29 is 9.59 Å². The number of allylic oxidation sites excluding steroid dienone is 2. The highest BCUT2D eigenvalue weighted by molar-refractivity contribution is 6.05. The summed E-state index contributed by atoms with van der Waals surface area (Å²) in [6, 6.07) is 7.72. The molecule has 1 atom stereocenters. The summed E-state index contributed by atoms with van der Waals surface area (Å²) in [6.45, 7) is 6.18. The Balaban J connectivity index is 1.60. The molecule has 1 saturated heterocycles. The fourth-order valence-corrected chi connectivity index (χ4v) is 5.42. The maximum absolute atomic E-state index is 12.9. The van der Waals surface area contributed by atoms with Gasteiger partial charge in [-0.3, -0.25) is 9.59 Å². The molecule has 2 amide bonds. The zero-order valence-corrected chi connectivity index (χ0v) is 20.4. The zero-order valence-electron chi connectivity index (χ0n) is 20.4.